The lowest BCUT2D eigenvalue weighted by Gasteiger charge is -2.04. The second-order valence-electron chi connectivity index (χ2n) is 4.35. The van der Waals surface area contributed by atoms with Crippen LogP contribution in [-0.4, -0.2) is 0 Å². The second-order valence-corrected chi connectivity index (χ2v) is 4.35. The molecule has 0 fully saturated rings. The number of nitriles is 4. The number of hydrogen-bond donors (Lipinski definition) is 2. The number of benzene rings is 1. The number of hydrogen-bond acceptors (Lipinski definition) is 8. The van der Waals surface area contributed by atoms with Crippen LogP contribution in [0.25, 0.3) is 0 Å². The molecule has 114 valence electrons. The summed E-state index contributed by atoms with van der Waals surface area (Å²) in [5, 5.41) is 40.2. The van der Waals surface area contributed by atoms with E-state index in [1.54, 1.807) is 24.3 Å². The minimum Gasteiger partial charge on any atom is -0.433 e. The highest BCUT2D eigenvalue weighted by molar-refractivity contribution is 5.88. The fourth-order valence-corrected chi connectivity index (χ4v) is 2.04. The van der Waals surface area contributed by atoms with Crippen molar-refractivity contribution in [1.29, 1.82) is 21.0 Å². The van der Waals surface area contributed by atoms with Crippen molar-refractivity contribution in [2.24, 2.45) is 0 Å². The maximum absolute atomic E-state index is 14.1. The molecule has 0 saturated carbocycles. The molecular formula is C14H2F2N6O2. The summed E-state index contributed by atoms with van der Waals surface area (Å²) in [6.07, 6.45) is 0. The van der Waals surface area contributed by atoms with Crippen molar-refractivity contribution in [3.05, 3.63) is 34.5 Å². The van der Waals surface area contributed by atoms with Crippen LogP contribution in [0.15, 0.2) is 22.9 Å². The van der Waals surface area contributed by atoms with Crippen molar-refractivity contribution in [3.63, 3.8) is 0 Å². The van der Waals surface area contributed by atoms with E-state index < -0.39 is 34.3 Å². The summed E-state index contributed by atoms with van der Waals surface area (Å²) in [5.74, 6) is -4.75. The average Bonchev–Trinajstić information content (AvgIpc) is 3.20. The van der Waals surface area contributed by atoms with E-state index in [4.69, 9.17) is 30.5 Å². The first kappa shape index (κ1) is 14.6. The molecule has 2 aliphatic rings. The predicted octanol–water partition coefficient (Wildman–Crippen LogP) is 2.09. The van der Waals surface area contributed by atoms with Crippen molar-refractivity contribution in [3.8, 4) is 35.8 Å². The number of anilines is 2. The molecule has 0 spiro atoms. The molecule has 10 heteroatoms. The van der Waals surface area contributed by atoms with Gasteiger partial charge in [-0.1, -0.05) is 0 Å². The smallest absolute Gasteiger partial charge is 0.227 e. The van der Waals surface area contributed by atoms with Gasteiger partial charge in [0.2, 0.25) is 23.4 Å². The highest BCUT2D eigenvalue weighted by atomic mass is 19.2. The Bertz CT molecular complexity index is 915. The zero-order valence-corrected chi connectivity index (χ0v) is 11.4. The van der Waals surface area contributed by atoms with Crippen LogP contribution in [0.2, 0.25) is 0 Å². The number of allylic oxidation sites excluding steroid dienone is 2. The van der Waals surface area contributed by atoms with E-state index in [2.05, 4.69) is 10.6 Å². The van der Waals surface area contributed by atoms with Gasteiger partial charge in [-0.05, 0) is 0 Å². The first-order valence-electron chi connectivity index (χ1n) is 6.09. The molecule has 8 nitrogen and oxygen atoms in total. The number of rotatable bonds is 0. The first-order chi connectivity index (χ1) is 11.5. The van der Waals surface area contributed by atoms with E-state index in [9.17, 15) is 8.78 Å². The zero-order valence-electron chi connectivity index (χ0n) is 11.4. The molecule has 0 saturated heterocycles. The third kappa shape index (κ3) is 1.85. The fraction of sp³-hybridized carbons (Fsp3) is 0. The SMILES string of the molecule is N#CC(C#N)=C1Nc2c3c(c(F)c(F)c2O1)OC(=C(C#N)C#N)N3. The molecule has 3 rings (SSSR count). The van der Waals surface area contributed by atoms with Gasteiger partial charge in [0.15, 0.2) is 22.6 Å². The Balaban J connectivity index is 2.20. The largest absolute Gasteiger partial charge is 0.433 e. The summed E-state index contributed by atoms with van der Waals surface area (Å²) >= 11 is 0. The molecule has 0 atom stereocenters. The molecule has 1 aromatic rings. The van der Waals surface area contributed by atoms with Crippen LogP contribution < -0.4 is 20.1 Å². The lowest BCUT2D eigenvalue weighted by atomic mass is 10.2. The first-order valence-corrected chi connectivity index (χ1v) is 6.09. The van der Waals surface area contributed by atoms with Gasteiger partial charge >= 0.3 is 0 Å². The van der Waals surface area contributed by atoms with Crippen molar-refractivity contribution >= 4 is 11.4 Å². The summed E-state index contributed by atoms with van der Waals surface area (Å²) in [5.41, 5.74) is -1.23. The molecule has 0 bridgehead atoms. The number of nitrogens with zero attached hydrogens (tertiary/aromatic N) is 4. The van der Waals surface area contributed by atoms with Crippen molar-refractivity contribution < 1.29 is 18.3 Å². The minimum atomic E-state index is -1.42. The molecule has 1 aromatic carbocycles. The van der Waals surface area contributed by atoms with Gasteiger partial charge in [0.05, 0.1) is 0 Å². The molecule has 2 aliphatic heterocycles. The summed E-state index contributed by atoms with van der Waals surface area (Å²) < 4.78 is 38.2. The highest BCUT2D eigenvalue weighted by Gasteiger charge is 2.38. The summed E-state index contributed by atoms with van der Waals surface area (Å²) in [7, 11) is 0. The molecule has 0 radical (unpaired) electrons. The van der Waals surface area contributed by atoms with Gasteiger partial charge in [-0.2, -0.15) is 29.8 Å². The van der Waals surface area contributed by atoms with Gasteiger partial charge in [-0.25, -0.2) is 0 Å². The average molecular weight is 324 g/mol. The van der Waals surface area contributed by atoms with E-state index in [0.29, 0.717) is 0 Å². The Morgan fingerprint density at radius 3 is 1.33 bits per heavy atom. The van der Waals surface area contributed by atoms with E-state index >= 15 is 0 Å². The summed E-state index contributed by atoms with van der Waals surface area (Å²) in [6, 6.07) is 6.17. The van der Waals surface area contributed by atoms with Gasteiger partial charge in [0.25, 0.3) is 0 Å². The van der Waals surface area contributed by atoms with Gasteiger partial charge in [-0.15, -0.1) is 0 Å². The van der Waals surface area contributed by atoms with E-state index in [0.717, 1.165) is 0 Å². The maximum atomic E-state index is 14.1. The van der Waals surface area contributed by atoms with Crippen molar-refractivity contribution in [2.75, 3.05) is 10.6 Å². The van der Waals surface area contributed by atoms with Crippen molar-refractivity contribution in [1.82, 2.24) is 0 Å². The lowest BCUT2D eigenvalue weighted by molar-refractivity contribution is 0.379. The monoisotopic (exact) mass is 324 g/mol. The Morgan fingerprint density at radius 2 is 1.04 bits per heavy atom. The molecule has 2 N–H and O–H groups in total. The Hall–Kier alpha value is -4.28. The van der Waals surface area contributed by atoms with Gasteiger partial charge in [0, 0.05) is 0 Å². The van der Waals surface area contributed by atoms with Gasteiger partial charge in [-0.3, -0.25) is 0 Å². The Morgan fingerprint density at radius 1 is 0.708 bits per heavy atom. The Labute approximate surface area is 132 Å². The number of fused-ring (bicyclic) bond motifs is 3. The normalized spacial score (nSPS) is 12.8. The van der Waals surface area contributed by atoms with Crippen LogP contribution in [0.4, 0.5) is 20.2 Å². The van der Waals surface area contributed by atoms with Gasteiger partial charge in [0.1, 0.15) is 35.7 Å². The molecule has 0 aliphatic carbocycles. The van der Waals surface area contributed by atoms with Crippen molar-refractivity contribution in [2.45, 2.75) is 0 Å². The molecule has 2 heterocycles. The highest BCUT2D eigenvalue weighted by Crippen LogP contribution is 2.52. The van der Waals surface area contributed by atoms with Gasteiger partial charge < -0.3 is 20.1 Å². The molecule has 0 unspecified atom stereocenters. The number of nitrogens with one attached hydrogen (secondary N) is 2. The molecule has 0 amide bonds. The van der Waals surface area contributed by atoms with Crippen LogP contribution >= 0.6 is 0 Å². The molecular weight excluding hydrogens is 322 g/mol. The zero-order chi connectivity index (χ0) is 17.4. The Kier molecular flexibility index (Phi) is 3.16. The summed E-state index contributed by atoms with van der Waals surface area (Å²) in [4.78, 5) is 0. The van der Waals surface area contributed by atoms with Crippen LogP contribution in [0.3, 0.4) is 0 Å². The van der Waals surface area contributed by atoms with E-state index in [1.165, 1.54) is 0 Å². The van der Waals surface area contributed by atoms with Crippen LogP contribution in [0.1, 0.15) is 0 Å². The standard InChI is InChI=1S/C14H2F2N6O2/c15-7-8(16)12-10(22-14(24-12)6(3-19)4-20)9-11(7)23-13(21-9)5(1-17)2-18/h21-22H. The van der Waals surface area contributed by atoms with Crippen LogP contribution in [0.5, 0.6) is 11.5 Å². The second kappa shape index (κ2) is 5.17. The topological polar surface area (TPSA) is 138 Å². The van der Waals surface area contributed by atoms with Crippen LogP contribution in [-0.2, 0) is 0 Å². The third-order valence-electron chi connectivity index (χ3n) is 3.08. The quantitative estimate of drug-likeness (QED) is 0.692. The van der Waals surface area contributed by atoms with Crippen LogP contribution in [0, 0.1) is 57.0 Å². The number of halogens is 2. The lowest BCUT2D eigenvalue weighted by Crippen LogP contribution is -2.03. The molecule has 24 heavy (non-hydrogen) atoms. The minimum absolute atomic E-state index is 0.132. The molecule has 0 aromatic heterocycles. The number of ether oxygens (including phenoxy) is 2. The predicted molar refractivity (Wildman–Crippen MR) is 71.4 cm³/mol. The van der Waals surface area contributed by atoms with E-state index in [1.807, 2.05) is 0 Å². The fourth-order valence-electron chi connectivity index (χ4n) is 2.04. The maximum Gasteiger partial charge on any atom is 0.227 e. The van der Waals surface area contributed by atoms with E-state index in [-0.39, 0.29) is 23.1 Å². The summed E-state index contributed by atoms with van der Waals surface area (Å²) in [6.45, 7) is 0. The third-order valence-corrected chi connectivity index (χ3v) is 3.08.